The molecule has 2 aromatic carbocycles. The highest BCUT2D eigenvalue weighted by molar-refractivity contribution is 7.13. The lowest BCUT2D eigenvalue weighted by Crippen LogP contribution is -2.49. The van der Waals surface area contributed by atoms with Gasteiger partial charge in [-0.15, -0.1) is 11.3 Å². The van der Waals surface area contributed by atoms with Gasteiger partial charge in [0.15, 0.2) is 5.13 Å². The largest absolute Gasteiger partial charge is 0.416 e. The van der Waals surface area contributed by atoms with Crippen LogP contribution in [0, 0.1) is 5.82 Å². The summed E-state index contributed by atoms with van der Waals surface area (Å²) in [7, 11) is 0. The third-order valence-electron chi connectivity index (χ3n) is 6.56. The molecule has 0 N–H and O–H groups in total. The van der Waals surface area contributed by atoms with Crippen molar-refractivity contribution in [1.29, 1.82) is 0 Å². The average Bonchev–Trinajstić information content (AvgIpc) is 3.39. The number of hydrogen-bond donors (Lipinski definition) is 0. The van der Waals surface area contributed by atoms with E-state index < -0.39 is 11.7 Å². The van der Waals surface area contributed by atoms with Gasteiger partial charge < -0.3 is 19.6 Å². The lowest BCUT2D eigenvalue weighted by atomic mass is 10.1. The number of piperazine rings is 2. The first-order valence-electron chi connectivity index (χ1n) is 11.7. The number of benzene rings is 2. The number of carbonyl (C=O) groups is 1. The molecule has 6 nitrogen and oxygen atoms in total. The van der Waals surface area contributed by atoms with Crippen molar-refractivity contribution in [1.82, 2.24) is 9.88 Å². The minimum Gasteiger partial charge on any atom is -0.368 e. The highest BCUT2D eigenvalue weighted by Gasteiger charge is 2.31. The van der Waals surface area contributed by atoms with Gasteiger partial charge in [0, 0.05) is 69.1 Å². The van der Waals surface area contributed by atoms with Crippen molar-refractivity contribution in [2.45, 2.75) is 6.18 Å². The number of rotatable bonds is 4. The van der Waals surface area contributed by atoms with Gasteiger partial charge in [-0.1, -0.05) is 6.07 Å². The van der Waals surface area contributed by atoms with Crippen molar-refractivity contribution in [3.05, 3.63) is 71.0 Å². The molecule has 1 aromatic heterocycles. The first-order valence-corrected chi connectivity index (χ1v) is 12.6. The Kier molecular flexibility index (Phi) is 6.74. The van der Waals surface area contributed by atoms with Crippen LogP contribution in [0.4, 0.5) is 34.1 Å². The lowest BCUT2D eigenvalue weighted by Gasteiger charge is -2.36. The van der Waals surface area contributed by atoms with Crippen LogP contribution in [0.25, 0.3) is 0 Å². The summed E-state index contributed by atoms with van der Waals surface area (Å²) in [6, 6.07) is 11.8. The van der Waals surface area contributed by atoms with Gasteiger partial charge in [0.2, 0.25) is 0 Å². The van der Waals surface area contributed by atoms with Gasteiger partial charge in [-0.25, -0.2) is 9.37 Å². The van der Waals surface area contributed by atoms with Gasteiger partial charge in [0.05, 0.1) is 5.56 Å². The molecule has 0 aliphatic carbocycles. The van der Waals surface area contributed by atoms with E-state index in [1.807, 2.05) is 4.90 Å². The molecule has 2 saturated heterocycles. The van der Waals surface area contributed by atoms with E-state index in [-0.39, 0.29) is 11.7 Å². The smallest absolute Gasteiger partial charge is 0.368 e. The van der Waals surface area contributed by atoms with Gasteiger partial charge in [0.1, 0.15) is 11.5 Å². The molecule has 0 atom stereocenters. The summed E-state index contributed by atoms with van der Waals surface area (Å²) in [6.45, 7) is 4.77. The lowest BCUT2D eigenvalue weighted by molar-refractivity contribution is -0.137. The number of nitrogens with zero attached hydrogens (tertiary/aromatic N) is 5. The first kappa shape index (κ1) is 24.4. The van der Waals surface area contributed by atoms with Crippen LogP contribution in [0.5, 0.6) is 0 Å². The maximum absolute atomic E-state index is 13.2. The molecule has 2 aliphatic heterocycles. The zero-order chi connectivity index (χ0) is 25.3. The molecule has 0 unspecified atom stereocenters. The second-order valence-corrected chi connectivity index (χ2v) is 9.63. The summed E-state index contributed by atoms with van der Waals surface area (Å²) in [4.78, 5) is 25.5. The Morgan fingerprint density at radius 2 is 1.42 bits per heavy atom. The molecule has 5 rings (SSSR count). The Morgan fingerprint density at radius 3 is 2.08 bits per heavy atom. The number of carbonyl (C=O) groups excluding carboxylic acids is 1. The van der Waals surface area contributed by atoms with Crippen molar-refractivity contribution in [2.24, 2.45) is 0 Å². The summed E-state index contributed by atoms with van der Waals surface area (Å²) in [5, 5.41) is 2.56. The monoisotopic (exact) mass is 519 g/mol. The summed E-state index contributed by atoms with van der Waals surface area (Å²) >= 11 is 1.43. The van der Waals surface area contributed by atoms with Crippen molar-refractivity contribution in [2.75, 3.05) is 67.1 Å². The van der Waals surface area contributed by atoms with Crippen LogP contribution in [0.1, 0.15) is 16.1 Å². The fourth-order valence-corrected chi connectivity index (χ4v) is 5.38. The van der Waals surface area contributed by atoms with Gasteiger partial charge in [-0.3, -0.25) is 4.79 Å². The Labute approximate surface area is 210 Å². The molecular formula is C25H25F4N5OS. The van der Waals surface area contributed by atoms with Crippen molar-refractivity contribution in [3.63, 3.8) is 0 Å². The zero-order valence-electron chi connectivity index (χ0n) is 19.4. The zero-order valence-corrected chi connectivity index (χ0v) is 20.2. The van der Waals surface area contributed by atoms with Crippen LogP contribution in [0.3, 0.4) is 0 Å². The Hall–Kier alpha value is -3.34. The molecule has 3 heterocycles. The number of alkyl halides is 3. The summed E-state index contributed by atoms with van der Waals surface area (Å²) in [5.74, 6) is -0.416. The molecule has 11 heteroatoms. The minimum absolute atomic E-state index is 0.161. The summed E-state index contributed by atoms with van der Waals surface area (Å²) in [5.41, 5.74) is 1.21. The molecule has 0 radical (unpaired) electrons. The van der Waals surface area contributed by atoms with E-state index in [2.05, 4.69) is 14.8 Å². The fraction of sp³-hybridized carbons (Fsp3) is 0.360. The van der Waals surface area contributed by atoms with Crippen LogP contribution in [0.2, 0.25) is 0 Å². The van der Waals surface area contributed by atoms with Gasteiger partial charge >= 0.3 is 6.18 Å². The average molecular weight is 520 g/mol. The highest BCUT2D eigenvalue weighted by Crippen LogP contribution is 2.32. The second-order valence-electron chi connectivity index (χ2n) is 8.79. The molecule has 0 bridgehead atoms. The Bertz CT molecular complexity index is 1200. The highest BCUT2D eigenvalue weighted by atomic mass is 32.1. The van der Waals surface area contributed by atoms with E-state index in [4.69, 9.17) is 0 Å². The first-order chi connectivity index (χ1) is 17.3. The topological polar surface area (TPSA) is 42.9 Å². The maximum atomic E-state index is 13.2. The van der Waals surface area contributed by atoms with Crippen molar-refractivity contribution >= 4 is 33.8 Å². The van der Waals surface area contributed by atoms with Crippen LogP contribution in [0.15, 0.2) is 53.9 Å². The van der Waals surface area contributed by atoms with E-state index in [0.717, 1.165) is 49.1 Å². The van der Waals surface area contributed by atoms with Crippen LogP contribution in [-0.4, -0.2) is 68.1 Å². The minimum atomic E-state index is -4.39. The van der Waals surface area contributed by atoms with Gasteiger partial charge in [-0.2, -0.15) is 13.2 Å². The number of halogens is 4. The van der Waals surface area contributed by atoms with Crippen molar-refractivity contribution < 1.29 is 22.4 Å². The molecule has 3 aromatic rings. The predicted molar refractivity (Wildman–Crippen MR) is 133 cm³/mol. The Balaban J connectivity index is 1.15. The van der Waals surface area contributed by atoms with E-state index in [0.29, 0.717) is 37.6 Å². The molecule has 1 amide bonds. The molecule has 2 aliphatic rings. The molecule has 0 saturated carbocycles. The van der Waals surface area contributed by atoms with E-state index in [1.165, 1.54) is 29.5 Å². The number of amides is 1. The van der Waals surface area contributed by atoms with E-state index in [1.54, 1.807) is 28.5 Å². The molecule has 2 fully saturated rings. The number of aromatic nitrogens is 1. The summed E-state index contributed by atoms with van der Waals surface area (Å²) < 4.78 is 52.3. The van der Waals surface area contributed by atoms with Gasteiger partial charge in [-0.05, 0) is 42.5 Å². The maximum Gasteiger partial charge on any atom is 0.416 e. The van der Waals surface area contributed by atoms with Crippen LogP contribution < -0.4 is 14.7 Å². The van der Waals surface area contributed by atoms with E-state index in [9.17, 15) is 22.4 Å². The number of anilines is 3. The predicted octanol–water partition coefficient (Wildman–Crippen LogP) is 4.59. The van der Waals surface area contributed by atoms with Crippen molar-refractivity contribution in [3.8, 4) is 0 Å². The Morgan fingerprint density at radius 1 is 0.806 bits per heavy atom. The van der Waals surface area contributed by atoms with Crippen LogP contribution in [-0.2, 0) is 6.18 Å². The molecule has 36 heavy (non-hydrogen) atoms. The second kappa shape index (κ2) is 9.96. The molecule has 190 valence electrons. The molecular weight excluding hydrogens is 494 g/mol. The standard InChI is InChI=1S/C25H25F4N5OS/c26-19-4-6-20(7-5-19)31-10-14-34(15-11-31)24-30-22(17-36-24)23(35)33-12-8-32(9-13-33)21-3-1-2-18(16-21)25(27,28)29/h1-7,16-17H,8-15H2. The quantitative estimate of drug-likeness (QED) is 0.472. The number of hydrogen-bond acceptors (Lipinski definition) is 6. The third kappa shape index (κ3) is 5.25. The van der Waals surface area contributed by atoms with E-state index >= 15 is 0 Å². The number of thiazole rings is 1. The normalized spacial score (nSPS) is 17.0. The van der Waals surface area contributed by atoms with Gasteiger partial charge in [0.25, 0.3) is 5.91 Å². The summed E-state index contributed by atoms with van der Waals surface area (Å²) in [6.07, 6.45) is -4.39. The SMILES string of the molecule is O=C(c1csc(N2CCN(c3ccc(F)cc3)CC2)n1)N1CCN(c2cccc(C(F)(F)F)c2)CC1. The molecule has 0 spiro atoms. The van der Waals surface area contributed by atoms with Crippen LogP contribution >= 0.6 is 11.3 Å². The third-order valence-corrected chi connectivity index (χ3v) is 7.46. The fourth-order valence-electron chi connectivity index (χ4n) is 4.52.